The highest BCUT2D eigenvalue weighted by atomic mass is 16.1. The minimum Gasteiger partial charge on any atom is -0.296 e. The van der Waals surface area contributed by atoms with Crippen molar-refractivity contribution in [2.45, 2.75) is 51.5 Å². The van der Waals surface area contributed by atoms with Crippen LogP contribution in [0, 0.1) is 6.92 Å². The first-order valence-electron chi connectivity index (χ1n) is 9.32. The molecule has 1 N–H and O–H groups in total. The van der Waals surface area contributed by atoms with Crippen molar-refractivity contribution in [3.63, 3.8) is 0 Å². The van der Waals surface area contributed by atoms with Gasteiger partial charge in [-0.05, 0) is 49.8 Å². The van der Waals surface area contributed by atoms with Crippen molar-refractivity contribution in [3.8, 4) is 0 Å². The average molecular weight is 348 g/mol. The highest BCUT2D eigenvalue weighted by molar-refractivity contribution is 5.91. The molecule has 0 saturated heterocycles. The number of carbonyl (C=O) groups excluding carboxylic acids is 1. The van der Waals surface area contributed by atoms with Crippen molar-refractivity contribution in [1.29, 1.82) is 0 Å². The van der Waals surface area contributed by atoms with Gasteiger partial charge in [-0.2, -0.15) is 0 Å². The quantitative estimate of drug-likeness (QED) is 0.733. The molecular weight excluding hydrogens is 324 g/mol. The van der Waals surface area contributed by atoms with Crippen molar-refractivity contribution in [1.82, 2.24) is 14.5 Å². The zero-order chi connectivity index (χ0) is 18.1. The van der Waals surface area contributed by atoms with E-state index in [1.54, 1.807) is 0 Å². The van der Waals surface area contributed by atoms with Crippen LogP contribution in [-0.4, -0.2) is 20.4 Å². The number of aryl methyl sites for hydroxylation is 1. The lowest BCUT2D eigenvalue weighted by atomic mass is 9.93. The minimum atomic E-state index is -0.00560. The second kappa shape index (κ2) is 6.90. The molecular formula is C21H24N4O. The van der Waals surface area contributed by atoms with Crippen LogP contribution in [0.25, 0.3) is 11.2 Å². The van der Waals surface area contributed by atoms with Crippen LogP contribution in [0.1, 0.15) is 55.8 Å². The first-order chi connectivity index (χ1) is 12.6. The molecule has 5 heteroatoms. The standard InChI is InChI=1S/C21H24N4O/c1-14(16-7-4-3-5-8-16)13-19(26)24-21-23-18-12-11-15(2)22-20(18)25(21)17-9-6-10-17/h3-5,7-8,11-12,14,17H,6,9-10,13H2,1-2H3,(H,23,24,26)/t14-/m0/s1. The number of nitrogens with zero attached hydrogens (tertiary/aromatic N) is 3. The highest BCUT2D eigenvalue weighted by Gasteiger charge is 2.26. The zero-order valence-corrected chi connectivity index (χ0v) is 15.3. The van der Waals surface area contributed by atoms with Gasteiger partial charge in [0.25, 0.3) is 0 Å². The number of imidazole rings is 1. The van der Waals surface area contributed by atoms with E-state index < -0.39 is 0 Å². The molecule has 2 heterocycles. The van der Waals surface area contributed by atoms with E-state index in [-0.39, 0.29) is 11.8 Å². The van der Waals surface area contributed by atoms with Gasteiger partial charge in [0.15, 0.2) is 5.65 Å². The predicted molar refractivity (Wildman–Crippen MR) is 103 cm³/mol. The monoisotopic (exact) mass is 348 g/mol. The largest absolute Gasteiger partial charge is 0.296 e. The molecule has 0 bridgehead atoms. The van der Waals surface area contributed by atoms with Crippen LogP contribution in [0.15, 0.2) is 42.5 Å². The third kappa shape index (κ3) is 3.21. The van der Waals surface area contributed by atoms with Crippen molar-refractivity contribution in [2.75, 3.05) is 5.32 Å². The van der Waals surface area contributed by atoms with E-state index in [9.17, 15) is 4.79 Å². The number of rotatable bonds is 5. The van der Waals surface area contributed by atoms with E-state index in [4.69, 9.17) is 0 Å². The summed E-state index contributed by atoms with van der Waals surface area (Å²) in [7, 11) is 0. The van der Waals surface area contributed by atoms with E-state index in [0.29, 0.717) is 18.4 Å². The maximum atomic E-state index is 12.6. The SMILES string of the molecule is Cc1ccc2nc(NC(=O)C[C@H](C)c3ccccc3)n(C3CCC3)c2n1. The number of pyridine rings is 1. The molecule has 1 aromatic carbocycles. The number of hydrogen-bond donors (Lipinski definition) is 1. The van der Waals surface area contributed by atoms with Crippen LogP contribution in [0.4, 0.5) is 5.95 Å². The summed E-state index contributed by atoms with van der Waals surface area (Å²) in [5.41, 5.74) is 3.86. The molecule has 1 aliphatic rings. The van der Waals surface area contributed by atoms with Gasteiger partial charge in [0, 0.05) is 18.2 Å². The van der Waals surface area contributed by atoms with Crippen LogP contribution in [0.3, 0.4) is 0 Å². The lowest BCUT2D eigenvalue weighted by Crippen LogP contribution is -2.23. The number of fused-ring (bicyclic) bond motifs is 1. The molecule has 26 heavy (non-hydrogen) atoms. The van der Waals surface area contributed by atoms with E-state index in [1.165, 1.54) is 12.0 Å². The smallest absolute Gasteiger partial charge is 0.227 e. The maximum Gasteiger partial charge on any atom is 0.227 e. The molecule has 4 rings (SSSR count). The number of nitrogens with one attached hydrogen (secondary N) is 1. The molecule has 0 spiro atoms. The normalized spacial score (nSPS) is 15.6. The van der Waals surface area contributed by atoms with Crippen molar-refractivity contribution >= 4 is 23.0 Å². The van der Waals surface area contributed by atoms with Gasteiger partial charge < -0.3 is 0 Å². The molecule has 5 nitrogen and oxygen atoms in total. The lowest BCUT2D eigenvalue weighted by Gasteiger charge is -2.28. The summed E-state index contributed by atoms with van der Waals surface area (Å²) in [6, 6.07) is 14.5. The van der Waals surface area contributed by atoms with Crippen LogP contribution in [0.2, 0.25) is 0 Å². The summed E-state index contributed by atoms with van der Waals surface area (Å²) in [6.07, 6.45) is 3.88. The number of amides is 1. The summed E-state index contributed by atoms with van der Waals surface area (Å²) in [4.78, 5) is 21.9. The number of anilines is 1. The van der Waals surface area contributed by atoms with Crippen LogP contribution >= 0.6 is 0 Å². The molecule has 1 aliphatic carbocycles. The molecule has 1 atom stereocenters. The number of hydrogen-bond acceptors (Lipinski definition) is 3. The molecule has 1 saturated carbocycles. The van der Waals surface area contributed by atoms with Crippen molar-refractivity contribution < 1.29 is 4.79 Å². The Morgan fingerprint density at radius 2 is 1.96 bits per heavy atom. The number of aromatic nitrogens is 3. The Morgan fingerprint density at radius 1 is 1.19 bits per heavy atom. The molecule has 1 amide bonds. The highest BCUT2D eigenvalue weighted by Crippen LogP contribution is 2.36. The number of carbonyl (C=O) groups is 1. The number of benzene rings is 1. The Kier molecular flexibility index (Phi) is 4.45. The first-order valence-corrected chi connectivity index (χ1v) is 9.32. The fourth-order valence-electron chi connectivity index (χ4n) is 3.50. The van der Waals surface area contributed by atoms with Gasteiger partial charge >= 0.3 is 0 Å². The molecule has 0 unspecified atom stereocenters. The second-order valence-electron chi connectivity index (χ2n) is 7.25. The van der Waals surface area contributed by atoms with E-state index in [1.807, 2.05) is 37.3 Å². The Labute approximate surface area is 153 Å². The summed E-state index contributed by atoms with van der Waals surface area (Å²) in [5.74, 6) is 0.792. The molecule has 2 aromatic heterocycles. The zero-order valence-electron chi connectivity index (χ0n) is 15.3. The average Bonchev–Trinajstić information content (AvgIpc) is 2.91. The summed E-state index contributed by atoms with van der Waals surface area (Å²) < 4.78 is 2.12. The third-order valence-corrected chi connectivity index (χ3v) is 5.23. The Balaban J connectivity index is 1.57. The summed E-state index contributed by atoms with van der Waals surface area (Å²) in [5, 5.41) is 3.04. The Bertz CT molecular complexity index is 928. The molecule has 0 radical (unpaired) electrons. The van der Waals surface area contributed by atoms with E-state index in [2.05, 4.69) is 38.9 Å². The van der Waals surface area contributed by atoms with Gasteiger partial charge in [-0.15, -0.1) is 0 Å². The topological polar surface area (TPSA) is 59.8 Å². The predicted octanol–water partition coefficient (Wildman–Crippen LogP) is 4.60. The molecule has 134 valence electrons. The second-order valence-corrected chi connectivity index (χ2v) is 7.25. The Hall–Kier alpha value is -2.69. The molecule has 0 aliphatic heterocycles. The van der Waals surface area contributed by atoms with Gasteiger partial charge in [-0.25, -0.2) is 9.97 Å². The maximum absolute atomic E-state index is 12.6. The lowest BCUT2D eigenvalue weighted by molar-refractivity contribution is -0.116. The summed E-state index contributed by atoms with van der Waals surface area (Å²) in [6.45, 7) is 4.06. The first kappa shape index (κ1) is 16.8. The van der Waals surface area contributed by atoms with Gasteiger partial charge in [0.2, 0.25) is 11.9 Å². The molecule has 3 aromatic rings. The fraction of sp³-hybridized carbons (Fsp3) is 0.381. The molecule has 1 fully saturated rings. The van der Waals surface area contributed by atoms with Crippen LogP contribution in [-0.2, 0) is 4.79 Å². The van der Waals surface area contributed by atoms with Gasteiger partial charge in [-0.1, -0.05) is 37.3 Å². The van der Waals surface area contributed by atoms with Gasteiger partial charge in [-0.3, -0.25) is 14.7 Å². The van der Waals surface area contributed by atoms with E-state index in [0.717, 1.165) is 29.7 Å². The summed E-state index contributed by atoms with van der Waals surface area (Å²) >= 11 is 0. The fourth-order valence-corrected chi connectivity index (χ4v) is 3.50. The minimum absolute atomic E-state index is 0.00560. The Morgan fingerprint density at radius 3 is 2.65 bits per heavy atom. The van der Waals surface area contributed by atoms with Crippen molar-refractivity contribution in [3.05, 3.63) is 53.7 Å². The third-order valence-electron chi connectivity index (χ3n) is 5.23. The van der Waals surface area contributed by atoms with E-state index >= 15 is 0 Å². The van der Waals surface area contributed by atoms with Crippen LogP contribution < -0.4 is 5.32 Å². The van der Waals surface area contributed by atoms with Gasteiger partial charge in [0.05, 0.1) is 0 Å². The van der Waals surface area contributed by atoms with Crippen molar-refractivity contribution in [2.24, 2.45) is 0 Å². The van der Waals surface area contributed by atoms with Crippen LogP contribution in [0.5, 0.6) is 0 Å². The van der Waals surface area contributed by atoms with Gasteiger partial charge in [0.1, 0.15) is 5.52 Å².